The lowest BCUT2D eigenvalue weighted by Gasteiger charge is -2.08. The Morgan fingerprint density at radius 3 is 2.11 bits per heavy atom. The van der Waals surface area contributed by atoms with Crippen molar-refractivity contribution >= 4 is 52.3 Å². The van der Waals surface area contributed by atoms with E-state index in [9.17, 15) is 16.8 Å². The summed E-state index contributed by atoms with van der Waals surface area (Å²) in [4.78, 5) is 1.07. The molecule has 0 aliphatic carbocycles. The molecule has 0 bridgehead atoms. The van der Waals surface area contributed by atoms with Gasteiger partial charge in [0, 0.05) is 27.9 Å². The van der Waals surface area contributed by atoms with Crippen LogP contribution in [0.25, 0.3) is 10.8 Å². The first-order valence-corrected chi connectivity index (χ1v) is 12.7. The first-order chi connectivity index (χ1) is 12.8. The number of fused-ring (bicyclic) bond motifs is 1. The molecule has 0 saturated carbocycles. The van der Waals surface area contributed by atoms with Crippen molar-refractivity contribution in [3.63, 3.8) is 0 Å². The van der Waals surface area contributed by atoms with Gasteiger partial charge in [0.25, 0.3) is 9.05 Å². The number of rotatable bonds is 7. The molecule has 0 aliphatic rings. The number of sulfonamides is 1. The fourth-order valence-corrected chi connectivity index (χ4v) is 5.24. The lowest BCUT2D eigenvalue weighted by molar-refractivity contribution is 0.584. The van der Waals surface area contributed by atoms with Crippen molar-refractivity contribution in [1.82, 2.24) is 4.72 Å². The Morgan fingerprint density at radius 2 is 1.44 bits per heavy atom. The molecule has 5 nitrogen and oxygen atoms in total. The van der Waals surface area contributed by atoms with E-state index in [-0.39, 0.29) is 16.3 Å². The van der Waals surface area contributed by atoms with Gasteiger partial charge < -0.3 is 0 Å². The molecule has 0 amide bonds. The number of nitrogens with one attached hydrogen (secondary N) is 1. The highest BCUT2D eigenvalue weighted by molar-refractivity contribution is 8.13. The van der Waals surface area contributed by atoms with E-state index in [0.29, 0.717) is 11.1 Å². The van der Waals surface area contributed by atoms with Crippen molar-refractivity contribution in [3.8, 4) is 0 Å². The topological polar surface area (TPSA) is 80.3 Å². The monoisotopic (exact) mass is 441 g/mol. The summed E-state index contributed by atoms with van der Waals surface area (Å²) in [5.74, 6) is 0.589. The molecule has 0 spiro atoms. The second-order valence-electron chi connectivity index (χ2n) is 5.67. The maximum atomic E-state index is 12.5. The summed E-state index contributed by atoms with van der Waals surface area (Å²) < 4.78 is 50.5. The molecular weight excluding hydrogens is 426 g/mol. The maximum absolute atomic E-state index is 12.5. The second-order valence-corrected chi connectivity index (χ2v) is 11.2. The summed E-state index contributed by atoms with van der Waals surface area (Å²) in [5.41, 5.74) is 0. The Kier molecular flexibility index (Phi) is 6.12. The molecule has 0 fully saturated rings. The predicted octanol–water partition coefficient (Wildman–Crippen LogP) is 3.84. The normalized spacial score (nSPS) is 12.3. The first-order valence-electron chi connectivity index (χ1n) is 7.92. The summed E-state index contributed by atoms with van der Waals surface area (Å²) in [5, 5.41) is 1.20. The van der Waals surface area contributed by atoms with Gasteiger partial charge in [-0.3, -0.25) is 0 Å². The largest absolute Gasteiger partial charge is 0.261 e. The van der Waals surface area contributed by atoms with Gasteiger partial charge >= 0.3 is 0 Å². The highest BCUT2D eigenvalue weighted by Gasteiger charge is 2.15. The second kappa shape index (κ2) is 8.20. The maximum Gasteiger partial charge on any atom is 0.261 e. The summed E-state index contributed by atoms with van der Waals surface area (Å²) >= 11 is 1.56. The average Bonchev–Trinajstić information content (AvgIpc) is 2.64. The summed E-state index contributed by atoms with van der Waals surface area (Å²) in [7, 11) is -2.22. The van der Waals surface area contributed by atoms with Gasteiger partial charge in [-0.05, 0) is 47.2 Å². The van der Waals surface area contributed by atoms with E-state index in [2.05, 4.69) is 4.72 Å². The fourth-order valence-electron chi connectivity index (χ4n) is 2.47. The summed E-state index contributed by atoms with van der Waals surface area (Å²) in [6.45, 7) is 0.274. The molecule has 3 aromatic rings. The van der Waals surface area contributed by atoms with E-state index < -0.39 is 19.1 Å². The van der Waals surface area contributed by atoms with Crippen LogP contribution in [0.15, 0.2) is 81.4 Å². The van der Waals surface area contributed by atoms with Gasteiger partial charge in [0.2, 0.25) is 10.0 Å². The zero-order valence-electron chi connectivity index (χ0n) is 14.0. The van der Waals surface area contributed by atoms with Crippen molar-refractivity contribution in [2.24, 2.45) is 0 Å². The molecule has 0 unspecified atom stereocenters. The zero-order chi connectivity index (χ0) is 19.5. The minimum atomic E-state index is -3.88. The van der Waals surface area contributed by atoms with Crippen LogP contribution in [-0.2, 0) is 19.1 Å². The van der Waals surface area contributed by atoms with Crippen molar-refractivity contribution in [1.29, 1.82) is 0 Å². The standard InChI is InChI=1S/C18H16ClNO4S3/c19-26(21,22)17-8-6-14-7-9-18(13-15(14)12-17)27(23,24)20-10-11-25-16-4-2-1-3-5-16/h1-9,12-13,20H,10-11H2. The predicted molar refractivity (Wildman–Crippen MR) is 109 cm³/mol. The molecule has 9 heteroatoms. The van der Waals surface area contributed by atoms with E-state index in [1.165, 1.54) is 24.3 Å². The Morgan fingerprint density at radius 1 is 0.815 bits per heavy atom. The van der Waals surface area contributed by atoms with Crippen LogP contribution in [0.2, 0.25) is 0 Å². The third kappa shape index (κ3) is 5.24. The minimum Gasteiger partial charge on any atom is -0.210 e. The number of hydrogen-bond acceptors (Lipinski definition) is 5. The molecule has 0 atom stereocenters. The molecular formula is C18H16ClNO4S3. The van der Waals surface area contributed by atoms with E-state index >= 15 is 0 Å². The van der Waals surface area contributed by atoms with Crippen LogP contribution in [0.1, 0.15) is 0 Å². The minimum absolute atomic E-state index is 0.0709. The molecule has 0 aromatic heterocycles. The van der Waals surface area contributed by atoms with Crippen molar-refractivity contribution in [2.45, 2.75) is 14.7 Å². The Bertz CT molecular complexity index is 1160. The third-order valence-electron chi connectivity index (χ3n) is 3.78. The van der Waals surface area contributed by atoms with Gasteiger partial charge in [-0.1, -0.05) is 30.3 Å². The van der Waals surface area contributed by atoms with Crippen LogP contribution in [-0.4, -0.2) is 29.1 Å². The lowest BCUT2D eigenvalue weighted by Crippen LogP contribution is -2.26. The van der Waals surface area contributed by atoms with Crippen molar-refractivity contribution in [3.05, 3.63) is 66.7 Å². The zero-order valence-corrected chi connectivity index (χ0v) is 17.2. The Labute approximate surface area is 167 Å². The van der Waals surface area contributed by atoms with Gasteiger partial charge in [0.15, 0.2) is 0 Å². The van der Waals surface area contributed by atoms with Crippen LogP contribution in [0.5, 0.6) is 0 Å². The van der Waals surface area contributed by atoms with Crippen LogP contribution in [0.4, 0.5) is 0 Å². The molecule has 0 radical (unpaired) electrons. The molecule has 3 aromatic carbocycles. The quantitative estimate of drug-likeness (QED) is 0.342. The summed E-state index contributed by atoms with van der Waals surface area (Å²) in [6, 6.07) is 18.6. The van der Waals surface area contributed by atoms with Gasteiger partial charge in [0.1, 0.15) is 0 Å². The molecule has 3 rings (SSSR count). The van der Waals surface area contributed by atoms with E-state index in [0.717, 1.165) is 10.3 Å². The Hall–Kier alpha value is -1.58. The van der Waals surface area contributed by atoms with Crippen LogP contribution in [0, 0.1) is 0 Å². The molecule has 27 heavy (non-hydrogen) atoms. The molecule has 0 aliphatic heterocycles. The molecule has 0 heterocycles. The average molecular weight is 442 g/mol. The number of benzene rings is 3. The van der Waals surface area contributed by atoms with Gasteiger partial charge in [0.05, 0.1) is 9.79 Å². The lowest BCUT2D eigenvalue weighted by atomic mass is 10.1. The number of thioether (sulfide) groups is 1. The SMILES string of the molecule is O=S(=O)(Cl)c1ccc2ccc(S(=O)(=O)NCCSc3ccccc3)cc2c1. The van der Waals surface area contributed by atoms with Crippen LogP contribution in [0.3, 0.4) is 0 Å². The molecule has 0 saturated heterocycles. The van der Waals surface area contributed by atoms with Gasteiger partial charge in [-0.25, -0.2) is 21.6 Å². The van der Waals surface area contributed by atoms with Crippen LogP contribution >= 0.6 is 22.4 Å². The smallest absolute Gasteiger partial charge is 0.210 e. The van der Waals surface area contributed by atoms with Crippen LogP contribution < -0.4 is 4.72 Å². The van der Waals surface area contributed by atoms with E-state index in [1.54, 1.807) is 23.9 Å². The van der Waals surface area contributed by atoms with Gasteiger partial charge in [-0.15, -0.1) is 11.8 Å². The van der Waals surface area contributed by atoms with Crippen molar-refractivity contribution < 1.29 is 16.8 Å². The highest BCUT2D eigenvalue weighted by Crippen LogP contribution is 2.24. The van der Waals surface area contributed by atoms with E-state index in [1.807, 2.05) is 30.3 Å². The number of halogens is 1. The fraction of sp³-hybridized carbons (Fsp3) is 0.111. The molecule has 142 valence electrons. The molecule has 1 N–H and O–H groups in total. The number of hydrogen-bond donors (Lipinski definition) is 1. The third-order valence-corrected chi connectivity index (χ3v) is 7.61. The van der Waals surface area contributed by atoms with Gasteiger partial charge in [-0.2, -0.15) is 0 Å². The Balaban J connectivity index is 1.74. The first kappa shape index (κ1) is 20.2. The highest BCUT2D eigenvalue weighted by atomic mass is 35.7. The van der Waals surface area contributed by atoms with Crippen molar-refractivity contribution in [2.75, 3.05) is 12.3 Å². The van der Waals surface area contributed by atoms with E-state index in [4.69, 9.17) is 10.7 Å². The summed E-state index contributed by atoms with van der Waals surface area (Å²) in [6.07, 6.45) is 0.